The molecule has 62 valence electrons. The standard InChI is InChI=1S/C6H10N2O3/c9-6(10)3-8-5-4-11-2-1-7-5/h1-4H2,(H,7,8)(H,9,10). The first kappa shape index (κ1) is 8.00. The molecule has 5 heteroatoms. The first-order valence-electron chi connectivity index (χ1n) is 3.36. The lowest BCUT2D eigenvalue weighted by Gasteiger charge is -2.12. The van der Waals surface area contributed by atoms with Crippen molar-refractivity contribution in [3.05, 3.63) is 0 Å². The van der Waals surface area contributed by atoms with Crippen LogP contribution in [0.15, 0.2) is 4.99 Å². The lowest BCUT2D eigenvalue weighted by molar-refractivity contribution is -0.135. The highest BCUT2D eigenvalue weighted by atomic mass is 16.5. The Kier molecular flexibility index (Phi) is 2.85. The van der Waals surface area contributed by atoms with Gasteiger partial charge in [-0.3, -0.25) is 9.79 Å². The maximum Gasteiger partial charge on any atom is 0.322 e. The second-order valence-corrected chi connectivity index (χ2v) is 2.13. The van der Waals surface area contributed by atoms with Crippen LogP contribution in [0.3, 0.4) is 0 Å². The maximum absolute atomic E-state index is 10.1. The minimum atomic E-state index is -0.890. The molecule has 0 fully saturated rings. The van der Waals surface area contributed by atoms with Crippen LogP contribution in [0.1, 0.15) is 0 Å². The van der Waals surface area contributed by atoms with Gasteiger partial charge >= 0.3 is 5.97 Å². The van der Waals surface area contributed by atoms with E-state index in [1.165, 1.54) is 0 Å². The van der Waals surface area contributed by atoms with Crippen molar-refractivity contribution in [2.24, 2.45) is 4.99 Å². The summed E-state index contributed by atoms with van der Waals surface area (Å²) in [6, 6.07) is 0. The molecule has 0 aliphatic carbocycles. The maximum atomic E-state index is 10.1. The van der Waals surface area contributed by atoms with Gasteiger partial charge < -0.3 is 15.2 Å². The van der Waals surface area contributed by atoms with E-state index in [1.807, 2.05) is 0 Å². The molecule has 0 saturated heterocycles. The molecule has 0 aromatic rings. The van der Waals surface area contributed by atoms with Crippen molar-refractivity contribution in [1.82, 2.24) is 5.32 Å². The van der Waals surface area contributed by atoms with Crippen LogP contribution in [0.25, 0.3) is 0 Å². The van der Waals surface area contributed by atoms with Gasteiger partial charge in [-0.25, -0.2) is 0 Å². The summed E-state index contributed by atoms with van der Waals surface area (Å²) in [4.78, 5) is 14.1. The summed E-state index contributed by atoms with van der Waals surface area (Å²) in [6.45, 7) is 1.54. The number of aliphatic imine (C=N–C) groups is 1. The van der Waals surface area contributed by atoms with Crippen molar-refractivity contribution in [3.8, 4) is 0 Å². The average Bonchev–Trinajstić information content (AvgIpc) is 2.03. The van der Waals surface area contributed by atoms with Gasteiger partial charge in [0.05, 0.1) is 13.2 Å². The van der Waals surface area contributed by atoms with E-state index >= 15 is 0 Å². The molecule has 0 unspecified atom stereocenters. The minimum Gasteiger partial charge on any atom is -0.480 e. The summed E-state index contributed by atoms with van der Waals surface area (Å²) in [5.41, 5.74) is 0. The third-order valence-electron chi connectivity index (χ3n) is 1.22. The fourth-order valence-corrected chi connectivity index (χ4v) is 0.744. The third kappa shape index (κ3) is 2.99. The van der Waals surface area contributed by atoms with Gasteiger partial charge in [-0.2, -0.15) is 0 Å². The Morgan fingerprint density at radius 1 is 1.82 bits per heavy atom. The SMILES string of the molecule is O=C(O)CNC1=NCCOC1. The molecule has 0 saturated carbocycles. The van der Waals surface area contributed by atoms with Crippen LogP contribution >= 0.6 is 0 Å². The number of amidine groups is 1. The van der Waals surface area contributed by atoms with Crippen molar-refractivity contribution < 1.29 is 14.6 Å². The van der Waals surface area contributed by atoms with E-state index in [1.54, 1.807) is 0 Å². The smallest absolute Gasteiger partial charge is 0.322 e. The number of nitrogens with zero attached hydrogens (tertiary/aromatic N) is 1. The lowest BCUT2D eigenvalue weighted by Crippen LogP contribution is -2.35. The summed E-state index contributed by atoms with van der Waals surface area (Å²) >= 11 is 0. The minimum absolute atomic E-state index is 0.0950. The number of hydrogen-bond acceptors (Lipinski definition) is 4. The molecule has 0 aromatic heterocycles. The van der Waals surface area contributed by atoms with Crippen LogP contribution in [0.2, 0.25) is 0 Å². The highest BCUT2D eigenvalue weighted by Gasteiger charge is 2.05. The molecule has 0 atom stereocenters. The van der Waals surface area contributed by atoms with E-state index in [2.05, 4.69) is 10.3 Å². The molecule has 1 aliphatic heterocycles. The largest absolute Gasteiger partial charge is 0.480 e. The Labute approximate surface area is 64.1 Å². The molecular formula is C6H10N2O3. The quantitative estimate of drug-likeness (QED) is 0.545. The van der Waals surface area contributed by atoms with E-state index in [-0.39, 0.29) is 6.54 Å². The van der Waals surface area contributed by atoms with E-state index in [0.29, 0.717) is 25.6 Å². The molecule has 0 radical (unpaired) electrons. The van der Waals surface area contributed by atoms with Crippen molar-refractivity contribution in [2.45, 2.75) is 0 Å². The van der Waals surface area contributed by atoms with Gasteiger partial charge in [0.2, 0.25) is 0 Å². The predicted molar refractivity (Wildman–Crippen MR) is 38.8 cm³/mol. The molecule has 2 N–H and O–H groups in total. The number of carboxylic acid groups (broad SMARTS) is 1. The Morgan fingerprint density at radius 2 is 2.64 bits per heavy atom. The average molecular weight is 158 g/mol. The van der Waals surface area contributed by atoms with Crippen molar-refractivity contribution in [3.63, 3.8) is 0 Å². The first-order valence-corrected chi connectivity index (χ1v) is 3.36. The topological polar surface area (TPSA) is 70.9 Å². The molecule has 5 nitrogen and oxygen atoms in total. The van der Waals surface area contributed by atoms with Gasteiger partial charge in [0.1, 0.15) is 19.0 Å². The molecule has 0 spiro atoms. The van der Waals surface area contributed by atoms with E-state index in [4.69, 9.17) is 9.84 Å². The molecule has 0 aromatic carbocycles. The van der Waals surface area contributed by atoms with Crippen molar-refractivity contribution >= 4 is 11.8 Å². The number of nitrogens with one attached hydrogen (secondary N) is 1. The molecule has 1 aliphatic rings. The number of ether oxygens (including phenoxy) is 1. The van der Waals surface area contributed by atoms with Crippen LogP contribution in [-0.2, 0) is 9.53 Å². The number of carbonyl (C=O) groups is 1. The van der Waals surface area contributed by atoms with Gasteiger partial charge in [0.15, 0.2) is 0 Å². The predicted octanol–water partition coefficient (Wildman–Crippen LogP) is -0.911. The Hall–Kier alpha value is -1.10. The first-order chi connectivity index (χ1) is 5.29. The fraction of sp³-hybridized carbons (Fsp3) is 0.667. The summed E-state index contributed by atoms with van der Waals surface area (Å²) in [7, 11) is 0. The van der Waals surface area contributed by atoms with Crippen LogP contribution in [0.4, 0.5) is 0 Å². The number of hydrogen-bond donors (Lipinski definition) is 2. The van der Waals surface area contributed by atoms with Gasteiger partial charge in [-0.05, 0) is 0 Å². The van der Waals surface area contributed by atoms with E-state index in [0.717, 1.165) is 0 Å². The second kappa shape index (κ2) is 3.92. The lowest BCUT2D eigenvalue weighted by atomic mass is 10.5. The molecular weight excluding hydrogens is 148 g/mol. The van der Waals surface area contributed by atoms with Gasteiger partial charge in [0, 0.05) is 0 Å². The van der Waals surface area contributed by atoms with Crippen molar-refractivity contribution in [1.29, 1.82) is 0 Å². The van der Waals surface area contributed by atoms with Crippen LogP contribution in [-0.4, -0.2) is 43.2 Å². The molecule has 1 rings (SSSR count). The molecule has 0 bridgehead atoms. The molecule has 11 heavy (non-hydrogen) atoms. The zero-order valence-electron chi connectivity index (χ0n) is 6.04. The van der Waals surface area contributed by atoms with Crippen LogP contribution in [0, 0.1) is 0 Å². The third-order valence-corrected chi connectivity index (χ3v) is 1.22. The summed E-state index contributed by atoms with van der Waals surface area (Å²) in [6.07, 6.45) is 0. The normalized spacial score (nSPS) is 17.3. The summed E-state index contributed by atoms with van der Waals surface area (Å²) < 4.78 is 5.03. The zero-order valence-corrected chi connectivity index (χ0v) is 6.04. The van der Waals surface area contributed by atoms with Gasteiger partial charge in [-0.1, -0.05) is 0 Å². The zero-order chi connectivity index (χ0) is 8.10. The second-order valence-electron chi connectivity index (χ2n) is 2.13. The van der Waals surface area contributed by atoms with Gasteiger partial charge in [-0.15, -0.1) is 0 Å². The monoisotopic (exact) mass is 158 g/mol. The highest BCUT2D eigenvalue weighted by Crippen LogP contribution is 1.87. The number of rotatable bonds is 2. The van der Waals surface area contributed by atoms with E-state index in [9.17, 15) is 4.79 Å². The van der Waals surface area contributed by atoms with E-state index < -0.39 is 5.97 Å². The molecule has 0 amide bonds. The Bertz CT molecular complexity index is 179. The van der Waals surface area contributed by atoms with Crippen LogP contribution < -0.4 is 5.32 Å². The highest BCUT2D eigenvalue weighted by molar-refractivity contribution is 5.86. The van der Waals surface area contributed by atoms with Crippen molar-refractivity contribution in [2.75, 3.05) is 26.3 Å². The van der Waals surface area contributed by atoms with Crippen LogP contribution in [0.5, 0.6) is 0 Å². The fourth-order valence-electron chi connectivity index (χ4n) is 0.744. The van der Waals surface area contributed by atoms with Gasteiger partial charge in [0.25, 0.3) is 0 Å². The number of aliphatic carboxylic acids is 1. The summed E-state index contributed by atoms with van der Waals surface area (Å²) in [5, 5.41) is 10.9. The molecule has 1 heterocycles. The summed E-state index contributed by atoms with van der Waals surface area (Å²) in [5.74, 6) is -0.267. The Balaban J connectivity index is 2.24. The number of carboxylic acids is 1. The Morgan fingerprint density at radius 3 is 3.18 bits per heavy atom.